The highest BCUT2D eigenvalue weighted by Gasteiger charge is 2.45. The van der Waals surface area contributed by atoms with Gasteiger partial charge in [0.2, 0.25) is 0 Å². The maximum atomic E-state index is 14.1. The summed E-state index contributed by atoms with van der Waals surface area (Å²) in [6, 6.07) is 0. The molecular weight excluding hydrogens is 975 g/mol. The van der Waals surface area contributed by atoms with Gasteiger partial charge in [0.1, 0.15) is 30.5 Å². The van der Waals surface area contributed by atoms with E-state index in [1.807, 2.05) is 40.7 Å². The second-order valence-electron chi connectivity index (χ2n) is 22.2. The van der Waals surface area contributed by atoms with Crippen LogP contribution in [0.3, 0.4) is 0 Å². The monoisotopic (exact) mass is 1080 g/mol. The number of hydrogen-bond acceptors (Lipinski definition) is 18. The van der Waals surface area contributed by atoms with Crippen molar-refractivity contribution in [1.82, 2.24) is 0 Å². The molecular formula is C55H103N3O17. The molecule has 20 nitrogen and oxygen atoms in total. The van der Waals surface area contributed by atoms with Crippen molar-refractivity contribution in [2.24, 2.45) is 40.1 Å². The Morgan fingerprint density at radius 1 is 0.653 bits per heavy atom. The minimum atomic E-state index is -1.59. The third-order valence-electron chi connectivity index (χ3n) is 15.3. The first kappa shape index (κ1) is 68.7. The van der Waals surface area contributed by atoms with Gasteiger partial charge in [0.15, 0.2) is 12.2 Å². The first-order valence-corrected chi connectivity index (χ1v) is 28.1. The van der Waals surface area contributed by atoms with Gasteiger partial charge in [-0.3, -0.25) is 9.79 Å². The predicted octanol–water partition coefficient (Wildman–Crippen LogP) is 2.25. The molecule has 1 saturated heterocycles. The molecule has 0 saturated carbocycles. The van der Waals surface area contributed by atoms with E-state index in [4.69, 9.17) is 25.7 Å². The highest BCUT2D eigenvalue weighted by molar-refractivity contribution is 5.75. The quantitative estimate of drug-likeness (QED) is 0.0490. The molecule has 0 aromatic rings. The number of rotatable bonds is 10. The van der Waals surface area contributed by atoms with Crippen molar-refractivity contribution < 1.29 is 85.4 Å². The molecule has 20 heteroatoms. The summed E-state index contributed by atoms with van der Waals surface area (Å²) < 4.78 is 17.6. The van der Waals surface area contributed by atoms with E-state index in [-0.39, 0.29) is 49.9 Å². The lowest BCUT2D eigenvalue weighted by atomic mass is 9.84. The number of carbonyl (C=O) groups excluding carboxylic acids is 1. The van der Waals surface area contributed by atoms with E-state index in [0.717, 1.165) is 12.0 Å². The van der Waals surface area contributed by atoms with E-state index in [2.05, 4.69) is 4.99 Å². The first-order valence-electron chi connectivity index (χ1n) is 28.1. The van der Waals surface area contributed by atoms with Crippen molar-refractivity contribution in [2.45, 2.75) is 274 Å². The van der Waals surface area contributed by atoms with Gasteiger partial charge in [-0.25, -0.2) is 0 Å². The highest BCUT2D eigenvalue weighted by Crippen LogP contribution is 2.31. The number of esters is 1. The van der Waals surface area contributed by atoms with Crippen molar-refractivity contribution in [1.29, 1.82) is 0 Å². The Morgan fingerprint density at radius 3 is 1.84 bits per heavy atom. The molecule has 17 N–H and O–H groups in total. The summed E-state index contributed by atoms with van der Waals surface area (Å²) >= 11 is 0. The number of ether oxygens (including phenoxy) is 3. The number of nitrogens with zero attached hydrogens (tertiary/aromatic N) is 1. The standard InChI is InChI=1S/C55H103N3O17/c1-7-8-19-43-50(69)33(3)22-23-38(61)17-11-16-37(60)18-12-20-44(66)34(4)26-47(74-54-52(71)51(70)48(31-59)75-54)45(67)30-42(65)29-41(64)28-40(63)27-39(62)15-10-9-14-32(2)25-35(5)49(68)36(6)46(73-53(43)72)21-13-24-58-55(56)57/h25-26,33,35-52,54,59-71H,7-24,27-31H2,1-6H3,(H4,56,57,58). The molecule has 0 radical (unpaired) electrons. The number of nitrogens with two attached hydrogens (primary N) is 2. The van der Waals surface area contributed by atoms with E-state index < -0.39 is 122 Å². The number of guanidine groups is 1. The minimum Gasteiger partial charge on any atom is -0.462 e. The summed E-state index contributed by atoms with van der Waals surface area (Å²) in [6.45, 7) is 10.8. The Labute approximate surface area is 446 Å². The second kappa shape index (κ2) is 36.7. The van der Waals surface area contributed by atoms with Crippen LogP contribution in [0.5, 0.6) is 0 Å². The third kappa shape index (κ3) is 26.4. The molecule has 0 spiro atoms. The lowest BCUT2D eigenvalue weighted by molar-refractivity contribution is -0.202. The van der Waals surface area contributed by atoms with Crippen molar-refractivity contribution in [2.75, 3.05) is 13.2 Å². The molecule has 20 unspecified atom stereocenters. The van der Waals surface area contributed by atoms with E-state index in [0.29, 0.717) is 108 Å². The Balaban J connectivity index is 2.31. The van der Waals surface area contributed by atoms with Crippen molar-refractivity contribution in [3.05, 3.63) is 23.3 Å². The van der Waals surface area contributed by atoms with Crippen LogP contribution in [-0.4, -0.2) is 189 Å². The van der Waals surface area contributed by atoms with Crippen LogP contribution in [0.1, 0.15) is 176 Å². The third-order valence-corrected chi connectivity index (χ3v) is 15.3. The number of aliphatic hydroxyl groups is 13. The van der Waals surface area contributed by atoms with Gasteiger partial charge < -0.3 is 92.1 Å². The van der Waals surface area contributed by atoms with Crippen molar-refractivity contribution in [3.8, 4) is 0 Å². The van der Waals surface area contributed by atoms with E-state index in [1.54, 1.807) is 6.92 Å². The molecule has 1 fully saturated rings. The Morgan fingerprint density at radius 2 is 1.24 bits per heavy atom. The van der Waals surface area contributed by atoms with Crippen LogP contribution in [0.25, 0.3) is 0 Å². The van der Waals surface area contributed by atoms with Crippen molar-refractivity contribution >= 4 is 11.9 Å². The molecule has 0 aliphatic carbocycles. The van der Waals surface area contributed by atoms with Gasteiger partial charge in [0.25, 0.3) is 0 Å². The maximum absolute atomic E-state index is 14.1. The lowest BCUT2D eigenvalue weighted by Crippen LogP contribution is -2.41. The molecule has 440 valence electrons. The molecule has 75 heavy (non-hydrogen) atoms. The van der Waals surface area contributed by atoms with Gasteiger partial charge in [-0.15, -0.1) is 0 Å². The summed E-state index contributed by atoms with van der Waals surface area (Å²) in [6.07, 6.45) is -7.36. The van der Waals surface area contributed by atoms with E-state index in [1.165, 1.54) is 6.08 Å². The maximum Gasteiger partial charge on any atom is 0.311 e. The van der Waals surface area contributed by atoms with Gasteiger partial charge >= 0.3 is 5.97 Å². The fourth-order valence-electron chi connectivity index (χ4n) is 10.3. The summed E-state index contributed by atoms with van der Waals surface area (Å²) in [5.41, 5.74) is 12.5. The van der Waals surface area contributed by atoms with Crippen LogP contribution in [-0.2, 0) is 19.0 Å². The van der Waals surface area contributed by atoms with E-state index >= 15 is 0 Å². The molecule has 2 aliphatic heterocycles. The molecule has 2 aliphatic rings. The first-order chi connectivity index (χ1) is 35.4. The SMILES string of the molecule is CCCCC1C(=O)OC(CCCN=C(N)N)C(C)C(O)C(C)C=C(C)CCCCC(O)CC(O)CC(O)CC(O)CC(O)C(OC2OC(CO)C(O)C2O)C=C(C)C(O)CCCC(O)CCCC(O)CCC(C)C1O. The average Bonchev–Trinajstić information content (AvgIpc) is 3.61. The molecule has 0 amide bonds. The van der Waals surface area contributed by atoms with Gasteiger partial charge in [0.05, 0.1) is 73.6 Å². The van der Waals surface area contributed by atoms with Gasteiger partial charge in [-0.05, 0) is 134 Å². The van der Waals surface area contributed by atoms with Crippen LogP contribution in [0, 0.1) is 23.7 Å². The largest absolute Gasteiger partial charge is 0.462 e. The number of unbranched alkanes of at least 4 members (excludes halogenated alkanes) is 1. The smallest absolute Gasteiger partial charge is 0.311 e. The zero-order chi connectivity index (χ0) is 56.4. The normalized spacial score (nSPS) is 38.8. The molecule has 0 aromatic heterocycles. The van der Waals surface area contributed by atoms with Crippen LogP contribution in [0.4, 0.5) is 0 Å². The number of aliphatic hydroxyl groups excluding tert-OH is 13. The summed E-state index contributed by atoms with van der Waals surface area (Å²) in [7, 11) is 0. The van der Waals surface area contributed by atoms with Crippen LogP contribution in [0.2, 0.25) is 0 Å². The van der Waals surface area contributed by atoms with Crippen LogP contribution >= 0.6 is 0 Å². The predicted molar refractivity (Wildman–Crippen MR) is 284 cm³/mol. The fourth-order valence-corrected chi connectivity index (χ4v) is 10.3. The Kier molecular flexibility index (Phi) is 33.7. The summed E-state index contributed by atoms with van der Waals surface area (Å²) in [5.74, 6) is -2.63. The van der Waals surface area contributed by atoms with Crippen LogP contribution in [0.15, 0.2) is 28.3 Å². The Hall–Kier alpha value is -2.38. The molecule has 0 bridgehead atoms. The zero-order valence-corrected chi connectivity index (χ0v) is 46.0. The lowest BCUT2D eigenvalue weighted by Gasteiger charge is -2.33. The molecule has 20 atom stereocenters. The molecule has 2 heterocycles. The average molecular weight is 1080 g/mol. The Bertz CT molecular complexity index is 1640. The van der Waals surface area contributed by atoms with Crippen LogP contribution < -0.4 is 11.5 Å². The van der Waals surface area contributed by atoms with E-state index in [9.17, 15) is 71.2 Å². The second-order valence-corrected chi connectivity index (χ2v) is 22.2. The summed E-state index contributed by atoms with van der Waals surface area (Å²) in [5, 5.41) is 141. The van der Waals surface area contributed by atoms with Gasteiger partial charge in [-0.1, -0.05) is 64.7 Å². The molecule has 2 rings (SSSR count). The summed E-state index contributed by atoms with van der Waals surface area (Å²) in [4.78, 5) is 18.2. The van der Waals surface area contributed by atoms with Gasteiger partial charge in [-0.2, -0.15) is 0 Å². The zero-order valence-electron chi connectivity index (χ0n) is 46.0. The number of allylic oxidation sites excluding steroid dienone is 1. The highest BCUT2D eigenvalue weighted by atomic mass is 16.7. The van der Waals surface area contributed by atoms with Gasteiger partial charge in [0, 0.05) is 24.8 Å². The van der Waals surface area contributed by atoms with Crippen molar-refractivity contribution in [3.63, 3.8) is 0 Å². The minimum absolute atomic E-state index is 0.0173. The topological polar surface area (TPSA) is 372 Å². The molecule has 0 aromatic carbocycles. The number of aliphatic imine (C=N–C) groups is 1. The fraction of sp³-hybridized carbons (Fsp3) is 0.891. The number of hydrogen-bond donors (Lipinski definition) is 15. The number of carbonyl (C=O) groups is 1. The number of cyclic esters (lactones) is 1.